The molecule has 5 heteroatoms. The van der Waals surface area contributed by atoms with Crippen molar-refractivity contribution in [2.24, 2.45) is 5.73 Å². The maximum atomic E-state index is 10.8. The molecular formula is C10H12ClNO3. The van der Waals surface area contributed by atoms with Crippen LogP contribution in [0.3, 0.4) is 0 Å². The minimum Gasteiger partial charge on any atom is -0.495 e. The largest absolute Gasteiger partial charge is 0.495 e. The van der Waals surface area contributed by atoms with E-state index >= 15 is 0 Å². The van der Waals surface area contributed by atoms with Crippen LogP contribution in [0.5, 0.6) is 5.75 Å². The highest BCUT2D eigenvalue weighted by molar-refractivity contribution is 6.32. The van der Waals surface area contributed by atoms with E-state index in [1.165, 1.54) is 7.11 Å². The number of hydrogen-bond acceptors (Lipinski definition) is 3. The Morgan fingerprint density at radius 3 is 2.73 bits per heavy atom. The molecule has 1 unspecified atom stereocenters. The number of nitrogens with two attached hydrogens (primary N) is 1. The average molecular weight is 230 g/mol. The first-order valence-corrected chi connectivity index (χ1v) is 4.74. The molecule has 0 amide bonds. The molecule has 0 saturated carbocycles. The highest BCUT2D eigenvalue weighted by atomic mass is 35.5. The van der Waals surface area contributed by atoms with Crippen molar-refractivity contribution in [2.45, 2.75) is 5.92 Å². The predicted octanol–water partition coefficient (Wildman–Crippen LogP) is 1.48. The third-order valence-electron chi connectivity index (χ3n) is 2.11. The molecule has 0 spiro atoms. The van der Waals surface area contributed by atoms with Crippen LogP contribution in [0.1, 0.15) is 11.5 Å². The van der Waals surface area contributed by atoms with E-state index in [4.69, 9.17) is 27.2 Å². The smallest absolute Gasteiger partial charge is 0.312 e. The van der Waals surface area contributed by atoms with Crippen molar-refractivity contribution in [3.63, 3.8) is 0 Å². The monoisotopic (exact) mass is 229 g/mol. The molecule has 1 atom stereocenters. The standard InChI is InChI=1S/C10H12ClNO3/c1-15-9-3-2-6(4-8(9)11)7(5-12)10(13)14/h2-4,7H,5,12H2,1H3,(H,13,14). The van der Waals surface area contributed by atoms with E-state index in [0.717, 1.165) is 0 Å². The summed E-state index contributed by atoms with van der Waals surface area (Å²) in [5.41, 5.74) is 5.95. The van der Waals surface area contributed by atoms with Gasteiger partial charge in [0, 0.05) is 6.54 Å². The molecule has 0 fully saturated rings. The van der Waals surface area contributed by atoms with Crippen molar-refractivity contribution in [3.05, 3.63) is 28.8 Å². The van der Waals surface area contributed by atoms with E-state index in [-0.39, 0.29) is 6.54 Å². The zero-order valence-corrected chi connectivity index (χ0v) is 8.99. The minimum atomic E-state index is -0.960. The van der Waals surface area contributed by atoms with Gasteiger partial charge >= 0.3 is 5.97 Å². The number of carbonyl (C=O) groups is 1. The van der Waals surface area contributed by atoms with Gasteiger partial charge < -0.3 is 15.6 Å². The van der Waals surface area contributed by atoms with E-state index in [1.54, 1.807) is 18.2 Å². The van der Waals surface area contributed by atoms with Gasteiger partial charge in [0.1, 0.15) is 5.75 Å². The van der Waals surface area contributed by atoms with Crippen molar-refractivity contribution in [1.82, 2.24) is 0 Å². The van der Waals surface area contributed by atoms with Gasteiger partial charge in [-0.25, -0.2) is 0 Å². The number of carboxylic acids is 1. The molecule has 0 heterocycles. The van der Waals surface area contributed by atoms with Crippen LogP contribution in [-0.4, -0.2) is 24.7 Å². The molecule has 0 aromatic heterocycles. The lowest BCUT2D eigenvalue weighted by Crippen LogP contribution is -2.21. The third-order valence-corrected chi connectivity index (χ3v) is 2.41. The lowest BCUT2D eigenvalue weighted by atomic mass is 9.99. The number of hydrogen-bond donors (Lipinski definition) is 2. The first-order chi connectivity index (χ1) is 7.10. The second kappa shape index (κ2) is 5.00. The van der Waals surface area contributed by atoms with Crippen LogP contribution in [0.2, 0.25) is 5.02 Å². The normalized spacial score (nSPS) is 12.2. The second-order valence-electron chi connectivity index (χ2n) is 3.02. The lowest BCUT2D eigenvalue weighted by Gasteiger charge is -2.11. The van der Waals surface area contributed by atoms with Gasteiger partial charge in [0.25, 0.3) is 0 Å². The fourth-order valence-corrected chi connectivity index (χ4v) is 1.54. The fraction of sp³-hybridized carbons (Fsp3) is 0.300. The fourth-order valence-electron chi connectivity index (χ4n) is 1.28. The average Bonchev–Trinajstić information content (AvgIpc) is 2.18. The maximum absolute atomic E-state index is 10.8. The van der Waals surface area contributed by atoms with Crippen molar-refractivity contribution in [3.8, 4) is 5.75 Å². The molecule has 0 aliphatic carbocycles. The summed E-state index contributed by atoms with van der Waals surface area (Å²) in [5.74, 6) is -1.17. The van der Waals surface area contributed by atoms with Gasteiger partial charge in [-0.3, -0.25) is 4.79 Å². The first-order valence-electron chi connectivity index (χ1n) is 4.36. The Bertz CT molecular complexity index is 368. The van der Waals surface area contributed by atoms with Gasteiger partial charge in [-0.05, 0) is 17.7 Å². The number of methoxy groups -OCH3 is 1. The van der Waals surface area contributed by atoms with E-state index in [2.05, 4.69) is 0 Å². The number of halogens is 1. The van der Waals surface area contributed by atoms with E-state index in [9.17, 15) is 4.79 Å². The molecule has 0 aliphatic rings. The van der Waals surface area contributed by atoms with E-state index in [1.807, 2.05) is 0 Å². The Morgan fingerprint density at radius 2 is 2.33 bits per heavy atom. The van der Waals surface area contributed by atoms with Crippen LogP contribution in [0, 0.1) is 0 Å². The van der Waals surface area contributed by atoms with Crippen LogP contribution in [0.15, 0.2) is 18.2 Å². The molecule has 0 bridgehead atoms. The number of ether oxygens (including phenoxy) is 1. The molecule has 15 heavy (non-hydrogen) atoms. The van der Waals surface area contributed by atoms with Crippen LogP contribution in [-0.2, 0) is 4.79 Å². The lowest BCUT2D eigenvalue weighted by molar-refractivity contribution is -0.138. The third kappa shape index (κ3) is 2.61. The summed E-state index contributed by atoms with van der Waals surface area (Å²) >= 11 is 5.88. The van der Waals surface area contributed by atoms with Crippen LogP contribution in [0.4, 0.5) is 0 Å². The molecule has 1 rings (SSSR count). The van der Waals surface area contributed by atoms with E-state index < -0.39 is 11.9 Å². The SMILES string of the molecule is COc1ccc(C(CN)C(=O)O)cc1Cl. The Kier molecular flexibility index (Phi) is 3.94. The van der Waals surface area contributed by atoms with E-state index in [0.29, 0.717) is 16.3 Å². The highest BCUT2D eigenvalue weighted by Crippen LogP contribution is 2.28. The van der Waals surface area contributed by atoms with Crippen LogP contribution in [0.25, 0.3) is 0 Å². The summed E-state index contributed by atoms with van der Waals surface area (Å²) in [4.78, 5) is 10.8. The molecule has 82 valence electrons. The summed E-state index contributed by atoms with van der Waals surface area (Å²) in [6, 6.07) is 4.84. The van der Waals surface area contributed by atoms with Gasteiger partial charge in [0.2, 0.25) is 0 Å². The van der Waals surface area contributed by atoms with Gasteiger partial charge in [0.15, 0.2) is 0 Å². The Labute approximate surface area is 92.6 Å². The molecule has 1 aromatic rings. The topological polar surface area (TPSA) is 72.5 Å². The zero-order valence-electron chi connectivity index (χ0n) is 8.24. The van der Waals surface area contributed by atoms with Crippen molar-refractivity contribution < 1.29 is 14.6 Å². The molecule has 0 saturated heterocycles. The molecule has 0 radical (unpaired) electrons. The number of carboxylic acid groups (broad SMARTS) is 1. The number of rotatable bonds is 4. The summed E-state index contributed by atoms with van der Waals surface area (Å²) in [6.07, 6.45) is 0. The van der Waals surface area contributed by atoms with Crippen molar-refractivity contribution in [1.29, 1.82) is 0 Å². The van der Waals surface area contributed by atoms with Crippen molar-refractivity contribution in [2.75, 3.05) is 13.7 Å². The summed E-state index contributed by atoms with van der Waals surface area (Å²) in [5, 5.41) is 9.27. The van der Waals surface area contributed by atoms with Crippen LogP contribution < -0.4 is 10.5 Å². The summed E-state index contributed by atoms with van der Waals surface area (Å²) < 4.78 is 4.96. The van der Waals surface area contributed by atoms with Gasteiger partial charge in [-0.1, -0.05) is 17.7 Å². The summed E-state index contributed by atoms with van der Waals surface area (Å²) in [6.45, 7) is 0.0397. The Morgan fingerprint density at radius 1 is 1.67 bits per heavy atom. The second-order valence-corrected chi connectivity index (χ2v) is 3.43. The molecular weight excluding hydrogens is 218 g/mol. The molecule has 1 aromatic carbocycles. The zero-order chi connectivity index (χ0) is 11.4. The van der Waals surface area contributed by atoms with Gasteiger partial charge in [0.05, 0.1) is 18.1 Å². The molecule has 3 N–H and O–H groups in total. The minimum absolute atomic E-state index is 0.0397. The van der Waals surface area contributed by atoms with Gasteiger partial charge in [-0.2, -0.15) is 0 Å². The highest BCUT2D eigenvalue weighted by Gasteiger charge is 2.18. The van der Waals surface area contributed by atoms with Crippen molar-refractivity contribution >= 4 is 17.6 Å². The molecule has 0 aliphatic heterocycles. The first kappa shape index (κ1) is 11.8. The maximum Gasteiger partial charge on any atom is 0.312 e. The Hall–Kier alpha value is -1.26. The molecule has 4 nitrogen and oxygen atoms in total. The quantitative estimate of drug-likeness (QED) is 0.820. The summed E-state index contributed by atoms with van der Waals surface area (Å²) in [7, 11) is 1.50. The predicted molar refractivity (Wildman–Crippen MR) is 57.4 cm³/mol. The van der Waals surface area contributed by atoms with Gasteiger partial charge in [-0.15, -0.1) is 0 Å². The number of benzene rings is 1. The van der Waals surface area contributed by atoms with Crippen LogP contribution >= 0.6 is 11.6 Å². The number of aliphatic carboxylic acids is 1. The Balaban J connectivity index is 3.05.